The van der Waals surface area contributed by atoms with E-state index in [1.165, 1.54) is 0 Å². The number of nitrogens with two attached hydrogens (primary N) is 1. The molecule has 0 bridgehead atoms. The molecule has 3 N–H and O–H groups in total. The molecule has 0 unspecified atom stereocenters. The Hall–Kier alpha value is -1.55. The molecule has 0 aliphatic heterocycles. The van der Waals surface area contributed by atoms with E-state index in [2.05, 4.69) is 44.4 Å². The van der Waals surface area contributed by atoms with Crippen LogP contribution in [0.1, 0.15) is 12.8 Å². The van der Waals surface area contributed by atoms with Crippen LogP contribution in [0, 0.1) is 0 Å². The summed E-state index contributed by atoms with van der Waals surface area (Å²) in [5.41, 5.74) is 8.71. The minimum atomic E-state index is 0.442. The number of nitrogen functional groups attached to an aromatic ring is 1. The van der Waals surface area contributed by atoms with E-state index in [-0.39, 0.29) is 0 Å². The molecule has 0 radical (unpaired) electrons. The SMILES string of the molecule is Nc1cnc2ccc(Br)cc2c1NC1CC=CC1. The smallest absolute Gasteiger partial charge is 0.0743 e. The van der Waals surface area contributed by atoms with Gasteiger partial charge in [-0.2, -0.15) is 0 Å². The number of hydrogen-bond donors (Lipinski definition) is 2. The van der Waals surface area contributed by atoms with Crippen LogP contribution in [-0.2, 0) is 0 Å². The lowest BCUT2D eigenvalue weighted by atomic mass is 10.1. The maximum Gasteiger partial charge on any atom is 0.0743 e. The lowest BCUT2D eigenvalue weighted by molar-refractivity contribution is 0.788. The Morgan fingerprint density at radius 1 is 1.28 bits per heavy atom. The summed E-state index contributed by atoms with van der Waals surface area (Å²) in [7, 11) is 0. The molecule has 0 spiro atoms. The van der Waals surface area contributed by atoms with Crippen molar-refractivity contribution < 1.29 is 0 Å². The maximum absolute atomic E-state index is 6.05. The van der Waals surface area contributed by atoms with E-state index in [4.69, 9.17) is 5.73 Å². The minimum absolute atomic E-state index is 0.442. The molecule has 1 aromatic carbocycles. The van der Waals surface area contributed by atoms with E-state index in [9.17, 15) is 0 Å². The van der Waals surface area contributed by atoms with Crippen LogP contribution < -0.4 is 11.1 Å². The third-order valence-corrected chi connectivity index (χ3v) is 3.71. The van der Waals surface area contributed by atoms with Gasteiger partial charge in [-0.25, -0.2) is 0 Å². The monoisotopic (exact) mass is 303 g/mol. The second kappa shape index (κ2) is 4.61. The summed E-state index contributed by atoms with van der Waals surface area (Å²) in [5, 5.41) is 4.60. The first-order valence-electron chi connectivity index (χ1n) is 5.99. The van der Waals surface area contributed by atoms with Crippen molar-refractivity contribution in [1.29, 1.82) is 0 Å². The van der Waals surface area contributed by atoms with Crippen LogP contribution in [0.2, 0.25) is 0 Å². The van der Waals surface area contributed by atoms with Gasteiger partial charge in [0.25, 0.3) is 0 Å². The number of hydrogen-bond acceptors (Lipinski definition) is 3. The summed E-state index contributed by atoms with van der Waals surface area (Å²) in [4.78, 5) is 4.36. The number of benzene rings is 1. The molecule has 4 heteroatoms. The summed E-state index contributed by atoms with van der Waals surface area (Å²) < 4.78 is 1.04. The number of fused-ring (bicyclic) bond motifs is 1. The lowest BCUT2D eigenvalue weighted by Gasteiger charge is -2.17. The zero-order chi connectivity index (χ0) is 12.5. The molecule has 18 heavy (non-hydrogen) atoms. The van der Waals surface area contributed by atoms with Crippen LogP contribution >= 0.6 is 15.9 Å². The van der Waals surface area contributed by atoms with Crippen molar-refractivity contribution in [3.8, 4) is 0 Å². The first-order chi connectivity index (χ1) is 8.74. The Morgan fingerprint density at radius 2 is 2.06 bits per heavy atom. The molecule has 1 aliphatic carbocycles. The number of halogens is 1. The van der Waals surface area contributed by atoms with E-state index < -0.39 is 0 Å². The predicted molar refractivity (Wildman–Crippen MR) is 79.6 cm³/mol. The van der Waals surface area contributed by atoms with E-state index in [0.29, 0.717) is 11.7 Å². The van der Waals surface area contributed by atoms with Crippen molar-refractivity contribution in [3.63, 3.8) is 0 Å². The minimum Gasteiger partial charge on any atom is -0.396 e. The molecule has 0 amide bonds. The van der Waals surface area contributed by atoms with Crippen molar-refractivity contribution in [2.75, 3.05) is 11.1 Å². The van der Waals surface area contributed by atoms with Crippen LogP contribution in [0.4, 0.5) is 11.4 Å². The fourth-order valence-electron chi connectivity index (χ4n) is 2.28. The third-order valence-electron chi connectivity index (χ3n) is 3.22. The quantitative estimate of drug-likeness (QED) is 0.832. The predicted octanol–water partition coefficient (Wildman–Crippen LogP) is 3.71. The Bertz CT molecular complexity index is 608. The molecule has 3 nitrogen and oxygen atoms in total. The Balaban J connectivity index is 2.07. The zero-order valence-electron chi connectivity index (χ0n) is 9.86. The topological polar surface area (TPSA) is 50.9 Å². The summed E-state index contributed by atoms with van der Waals surface area (Å²) >= 11 is 3.50. The standard InChI is InChI=1S/C14H14BrN3/c15-9-5-6-13-11(7-9)14(12(16)8-17-13)18-10-3-1-2-4-10/h1-2,5-8,10H,3-4,16H2,(H,17,18). The number of rotatable bonds is 2. The third kappa shape index (κ3) is 2.08. The van der Waals surface area contributed by atoms with Gasteiger partial charge in [-0.05, 0) is 31.0 Å². The lowest BCUT2D eigenvalue weighted by Crippen LogP contribution is -2.16. The second-order valence-electron chi connectivity index (χ2n) is 4.53. The van der Waals surface area contributed by atoms with Gasteiger partial charge in [-0.1, -0.05) is 28.1 Å². The van der Waals surface area contributed by atoms with Crippen LogP contribution in [0.5, 0.6) is 0 Å². The van der Waals surface area contributed by atoms with E-state index in [0.717, 1.165) is 33.9 Å². The van der Waals surface area contributed by atoms with Crippen molar-refractivity contribution in [3.05, 3.63) is 41.0 Å². The van der Waals surface area contributed by atoms with E-state index in [1.807, 2.05) is 12.1 Å². The number of nitrogens with zero attached hydrogens (tertiary/aromatic N) is 1. The highest BCUT2D eigenvalue weighted by Gasteiger charge is 2.14. The normalized spacial score (nSPS) is 15.4. The van der Waals surface area contributed by atoms with Gasteiger partial charge in [-0.15, -0.1) is 0 Å². The summed E-state index contributed by atoms with van der Waals surface area (Å²) in [5.74, 6) is 0. The average molecular weight is 304 g/mol. The molecule has 1 aromatic heterocycles. The molecule has 3 rings (SSSR count). The summed E-state index contributed by atoms with van der Waals surface area (Å²) in [6, 6.07) is 6.49. The first kappa shape index (κ1) is 11.5. The Morgan fingerprint density at radius 3 is 2.83 bits per heavy atom. The molecule has 1 aliphatic rings. The van der Waals surface area contributed by atoms with E-state index in [1.54, 1.807) is 6.20 Å². The van der Waals surface area contributed by atoms with Crippen LogP contribution in [-0.4, -0.2) is 11.0 Å². The van der Waals surface area contributed by atoms with Gasteiger partial charge in [0.05, 0.1) is 23.1 Å². The zero-order valence-corrected chi connectivity index (χ0v) is 11.4. The van der Waals surface area contributed by atoms with Gasteiger partial charge in [0.1, 0.15) is 0 Å². The van der Waals surface area contributed by atoms with Crippen molar-refractivity contribution in [2.24, 2.45) is 0 Å². The Kier molecular flexibility index (Phi) is 2.96. The summed E-state index contributed by atoms with van der Waals surface area (Å²) in [6.45, 7) is 0. The molecule has 2 aromatic rings. The molecule has 1 heterocycles. The van der Waals surface area contributed by atoms with Gasteiger partial charge in [0.15, 0.2) is 0 Å². The highest BCUT2D eigenvalue weighted by molar-refractivity contribution is 9.10. The highest BCUT2D eigenvalue weighted by Crippen LogP contribution is 2.31. The van der Waals surface area contributed by atoms with Crippen molar-refractivity contribution >= 4 is 38.2 Å². The van der Waals surface area contributed by atoms with E-state index >= 15 is 0 Å². The second-order valence-corrected chi connectivity index (χ2v) is 5.45. The molecule has 0 saturated heterocycles. The Labute approximate surface area is 114 Å². The van der Waals surface area contributed by atoms with Gasteiger partial charge in [-0.3, -0.25) is 4.98 Å². The van der Waals surface area contributed by atoms with Gasteiger partial charge < -0.3 is 11.1 Å². The fraction of sp³-hybridized carbons (Fsp3) is 0.214. The van der Waals surface area contributed by atoms with Gasteiger partial charge in [0, 0.05) is 15.9 Å². The van der Waals surface area contributed by atoms with Crippen LogP contribution in [0.25, 0.3) is 10.9 Å². The van der Waals surface area contributed by atoms with Gasteiger partial charge in [0.2, 0.25) is 0 Å². The molecule has 0 fully saturated rings. The molecular formula is C14H14BrN3. The van der Waals surface area contributed by atoms with Crippen LogP contribution in [0.3, 0.4) is 0 Å². The number of pyridine rings is 1. The van der Waals surface area contributed by atoms with Crippen LogP contribution in [0.15, 0.2) is 41.0 Å². The largest absolute Gasteiger partial charge is 0.396 e. The first-order valence-corrected chi connectivity index (χ1v) is 6.78. The average Bonchev–Trinajstić information content (AvgIpc) is 2.86. The molecule has 0 atom stereocenters. The van der Waals surface area contributed by atoms with Crippen molar-refractivity contribution in [2.45, 2.75) is 18.9 Å². The number of anilines is 2. The maximum atomic E-state index is 6.05. The van der Waals surface area contributed by atoms with Gasteiger partial charge >= 0.3 is 0 Å². The molecule has 92 valence electrons. The molecule has 0 saturated carbocycles. The fourth-order valence-corrected chi connectivity index (χ4v) is 2.64. The number of aromatic nitrogens is 1. The molecular weight excluding hydrogens is 290 g/mol. The summed E-state index contributed by atoms with van der Waals surface area (Å²) in [6.07, 6.45) is 8.23. The number of nitrogens with one attached hydrogen (secondary N) is 1. The van der Waals surface area contributed by atoms with Crippen molar-refractivity contribution in [1.82, 2.24) is 4.98 Å². The highest BCUT2D eigenvalue weighted by atomic mass is 79.9.